The molecule has 0 aliphatic heterocycles. The molecule has 0 amide bonds. The molecule has 1 aromatic heterocycles. The number of carbonyl (C=O) groups is 1. The standard InChI is InChI=1S/C22H14ClNO2/c23-17-10-6-7-15(13-17)14-18(21(25)16-8-2-1-3-9-16)22-24-19-11-4-5-12-20(19)26-22/h1-14H. The molecular formula is C22H14ClNO2. The summed E-state index contributed by atoms with van der Waals surface area (Å²) in [5.41, 5.74) is 3.11. The highest BCUT2D eigenvalue weighted by Crippen LogP contribution is 2.26. The van der Waals surface area contributed by atoms with E-state index in [1.807, 2.05) is 54.6 Å². The Morgan fingerprint density at radius 2 is 1.69 bits per heavy atom. The van der Waals surface area contributed by atoms with Crippen molar-refractivity contribution in [1.29, 1.82) is 0 Å². The molecule has 26 heavy (non-hydrogen) atoms. The number of benzene rings is 3. The van der Waals surface area contributed by atoms with Crippen LogP contribution in [0.1, 0.15) is 21.8 Å². The minimum absolute atomic E-state index is 0.155. The van der Waals surface area contributed by atoms with Crippen molar-refractivity contribution in [3.8, 4) is 0 Å². The highest BCUT2D eigenvalue weighted by atomic mass is 35.5. The molecule has 126 valence electrons. The minimum Gasteiger partial charge on any atom is -0.436 e. The zero-order valence-electron chi connectivity index (χ0n) is 13.7. The minimum atomic E-state index is -0.155. The third-order valence-corrected chi connectivity index (χ3v) is 4.20. The Hall–Kier alpha value is -3.17. The molecule has 0 unspecified atom stereocenters. The van der Waals surface area contributed by atoms with E-state index in [0.29, 0.717) is 33.1 Å². The second-order valence-electron chi connectivity index (χ2n) is 5.79. The van der Waals surface area contributed by atoms with Crippen LogP contribution in [0.3, 0.4) is 0 Å². The largest absolute Gasteiger partial charge is 0.436 e. The summed E-state index contributed by atoms with van der Waals surface area (Å²) in [6.07, 6.45) is 1.76. The SMILES string of the molecule is O=C(C(=Cc1cccc(Cl)c1)c1nc2ccccc2o1)c1ccccc1. The molecule has 1 heterocycles. The fourth-order valence-electron chi connectivity index (χ4n) is 2.72. The van der Waals surface area contributed by atoms with Gasteiger partial charge in [-0.3, -0.25) is 4.79 Å². The van der Waals surface area contributed by atoms with Crippen LogP contribution in [0.15, 0.2) is 83.3 Å². The van der Waals surface area contributed by atoms with Crippen molar-refractivity contribution in [2.75, 3.05) is 0 Å². The van der Waals surface area contributed by atoms with Crippen LogP contribution >= 0.6 is 11.6 Å². The van der Waals surface area contributed by atoms with Crippen molar-refractivity contribution in [2.45, 2.75) is 0 Å². The van der Waals surface area contributed by atoms with E-state index in [-0.39, 0.29) is 5.78 Å². The van der Waals surface area contributed by atoms with Crippen LogP contribution in [0, 0.1) is 0 Å². The Bertz CT molecular complexity index is 1080. The number of hydrogen-bond donors (Lipinski definition) is 0. The van der Waals surface area contributed by atoms with Crippen LogP contribution in [0.4, 0.5) is 0 Å². The summed E-state index contributed by atoms with van der Waals surface area (Å²) in [5, 5.41) is 0.600. The van der Waals surface area contributed by atoms with Crippen molar-refractivity contribution < 1.29 is 9.21 Å². The first-order chi connectivity index (χ1) is 12.7. The van der Waals surface area contributed by atoms with Gasteiger partial charge in [0.05, 0.1) is 5.57 Å². The molecule has 0 aliphatic rings. The summed E-state index contributed by atoms with van der Waals surface area (Å²) in [6.45, 7) is 0. The number of nitrogens with zero attached hydrogens (tertiary/aromatic N) is 1. The molecule has 0 bridgehead atoms. The normalized spacial score (nSPS) is 11.7. The summed E-state index contributed by atoms with van der Waals surface area (Å²) >= 11 is 6.08. The average Bonchev–Trinajstić information content (AvgIpc) is 3.10. The number of rotatable bonds is 4. The number of carbonyl (C=O) groups excluding carboxylic acids is 1. The molecule has 4 aromatic rings. The number of ketones is 1. The first-order valence-electron chi connectivity index (χ1n) is 8.14. The Balaban J connectivity index is 1.87. The molecular weight excluding hydrogens is 346 g/mol. The van der Waals surface area contributed by atoms with Crippen LogP contribution in [-0.2, 0) is 0 Å². The summed E-state index contributed by atoms with van der Waals surface area (Å²) in [6, 6.07) is 23.8. The maximum atomic E-state index is 13.1. The van der Waals surface area contributed by atoms with E-state index in [2.05, 4.69) is 4.98 Å². The highest BCUT2D eigenvalue weighted by molar-refractivity contribution is 6.32. The van der Waals surface area contributed by atoms with Gasteiger partial charge in [0.2, 0.25) is 5.89 Å². The van der Waals surface area contributed by atoms with Gasteiger partial charge in [0.1, 0.15) is 5.52 Å². The number of Topliss-reactive ketones (excluding diaryl/α,β-unsaturated/α-hetero) is 1. The van der Waals surface area contributed by atoms with Gasteiger partial charge in [-0.05, 0) is 35.9 Å². The van der Waals surface area contributed by atoms with Crippen LogP contribution in [-0.4, -0.2) is 10.8 Å². The van der Waals surface area contributed by atoms with E-state index in [4.69, 9.17) is 16.0 Å². The maximum absolute atomic E-state index is 13.1. The second-order valence-corrected chi connectivity index (χ2v) is 6.23. The number of para-hydroxylation sites is 2. The van der Waals surface area contributed by atoms with E-state index in [0.717, 1.165) is 5.56 Å². The van der Waals surface area contributed by atoms with Crippen molar-refractivity contribution in [3.63, 3.8) is 0 Å². The molecule has 0 N–H and O–H groups in total. The van der Waals surface area contributed by atoms with Gasteiger partial charge < -0.3 is 4.42 Å². The van der Waals surface area contributed by atoms with Gasteiger partial charge in [0.15, 0.2) is 11.4 Å². The Morgan fingerprint density at radius 1 is 0.923 bits per heavy atom. The zero-order valence-corrected chi connectivity index (χ0v) is 14.5. The van der Waals surface area contributed by atoms with Gasteiger partial charge in [-0.15, -0.1) is 0 Å². The van der Waals surface area contributed by atoms with Gasteiger partial charge in [-0.25, -0.2) is 4.98 Å². The van der Waals surface area contributed by atoms with Gasteiger partial charge in [-0.1, -0.05) is 66.2 Å². The predicted molar refractivity (Wildman–Crippen MR) is 104 cm³/mol. The molecule has 4 rings (SSSR count). The molecule has 0 atom stereocenters. The van der Waals surface area contributed by atoms with E-state index >= 15 is 0 Å². The van der Waals surface area contributed by atoms with E-state index < -0.39 is 0 Å². The lowest BCUT2D eigenvalue weighted by Crippen LogP contribution is -2.03. The van der Waals surface area contributed by atoms with Crippen molar-refractivity contribution in [3.05, 3.63) is 101 Å². The number of fused-ring (bicyclic) bond motifs is 1. The van der Waals surface area contributed by atoms with Gasteiger partial charge in [0.25, 0.3) is 0 Å². The number of allylic oxidation sites excluding steroid dienone is 1. The fourth-order valence-corrected chi connectivity index (χ4v) is 2.92. The number of halogens is 1. The molecule has 0 spiro atoms. The lowest BCUT2D eigenvalue weighted by Gasteiger charge is -2.04. The lowest BCUT2D eigenvalue weighted by molar-refractivity contribution is 0.105. The maximum Gasteiger partial charge on any atom is 0.231 e. The lowest BCUT2D eigenvalue weighted by atomic mass is 10.0. The van der Waals surface area contributed by atoms with E-state index in [1.165, 1.54) is 0 Å². The second kappa shape index (κ2) is 6.98. The van der Waals surface area contributed by atoms with Crippen LogP contribution in [0.5, 0.6) is 0 Å². The molecule has 3 aromatic carbocycles. The highest BCUT2D eigenvalue weighted by Gasteiger charge is 2.20. The predicted octanol–water partition coefficient (Wildman–Crippen LogP) is 5.90. The van der Waals surface area contributed by atoms with Gasteiger partial charge >= 0.3 is 0 Å². The number of aromatic nitrogens is 1. The Kier molecular flexibility index (Phi) is 4.38. The van der Waals surface area contributed by atoms with E-state index in [9.17, 15) is 4.79 Å². The van der Waals surface area contributed by atoms with Crippen LogP contribution in [0.25, 0.3) is 22.7 Å². The Morgan fingerprint density at radius 3 is 2.46 bits per heavy atom. The van der Waals surface area contributed by atoms with Crippen LogP contribution < -0.4 is 0 Å². The Labute approximate surface area is 155 Å². The molecule has 4 heteroatoms. The van der Waals surface area contributed by atoms with Crippen molar-refractivity contribution >= 4 is 40.1 Å². The number of hydrogen-bond acceptors (Lipinski definition) is 3. The summed E-state index contributed by atoms with van der Waals surface area (Å²) in [5.74, 6) is 0.136. The van der Waals surface area contributed by atoms with Crippen LogP contribution in [0.2, 0.25) is 5.02 Å². The zero-order chi connectivity index (χ0) is 17.9. The first-order valence-corrected chi connectivity index (χ1v) is 8.51. The molecule has 0 radical (unpaired) electrons. The third-order valence-electron chi connectivity index (χ3n) is 3.96. The fraction of sp³-hybridized carbons (Fsp3) is 0. The van der Waals surface area contributed by atoms with E-state index in [1.54, 1.807) is 30.3 Å². The summed E-state index contributed by atoms with van der Waals surface area (Å²) < 4.78 is 5.84. The summed E-state index contributed by atoms with van der Waals surface area (Å²) in [4.78, 5) is 17.6. The molecule has 0 saturated carbocycles. The van der Waals surface area contributed by atoms with Gasteiger partial charge in [-0.2, -0.15) is 0 Å². The van der Waals surface area contributed by atoms with Gasteiger partial charge in [0, 0.05) is 10.6 Å². The molecule has 0 aliphatic carbocycles. The van der Waals surface area contributed by atoms with Crippen molar-refractivity contribution in [1.82, 2.24) is 4.98 Å². The van der Waals surface area contributed by atoms with Crippen molar-refractivity contribution in [2.24, 2.45) is 0 Å². The smallest absolute Gasteiger partial charge is 0.231 e. The topological polar surface area (TPSA) is 43.1 Å². The quantitative estimate of drug-likeness (QED) is 0.336. The molecule has 3 nitrogen and oxygen atoms in total. The molecule has 0 fully saturated rings. The average molecular weight is 360 g/mol. The molecule has 0 saturated heterocycles. The monoisotopic (exact) mass is 359 g/mol. The third kappa shape index (κ3) is 3.30. The number of oxazole rings is 1. The first kappa shape index (κ1) is 16.3. The summed E-state index contributed by atoms with van der Waals surface area (Å²) in [7, 11) is 0.